The van der Waals surface area contributed by atoms with Gasteiger partial charge in [-0.05, 0) is 94.9 Å². The number of rotatable bonds is 9. The van der Waals surface area contributed by atoms with Gasteiger partial charge in [0.15, 0.2) is 0 Å². The zero-order chi connectivity index (χ0) is 27.2. The monoisotopic (exact) mass is 550 g/mol. The van der Waals surface area contributed by atoms with Crippen molar-refractivity contribution in [2.24, 2.45) is 16.7 Å². The van der Waals surface area contributed by atoms with Crippen LogP contribution in [0, 0.1) is 16.7 Å². The smallest absolute Gasteiger partial charge is 0.278 e. The van der Waals surface area contributed by atoms with Crippen molar-refractivity contribution in [3.63, 3.8) is 0 Å². The van der Waals surface area contributed by atoms with Gasteiger partial charge >= 0.3 is 0 Å². The SMILES string of the molecule is CCc1ccc(S(OS(=O)(=O)CC23CCC(CC2=O)C3(C)C)(c2ccccc2)c2ccc(CC)cc2)cc1. The van der Waals surface area contributed by atoms with E-state index in [1.54, 1.807) is 0 Å². The van der Waals surface area contributed by atoms with Crippen LogP contribution in [0.2, 0.25) is 0 Å². The first-order valence-corrected chi connectivity index (χ1v) is 16.7. The Morgan fingerprint density at radius 3 is 1.71 bits per heavy atom. The predicted molar refractivity (Wildman–Crippen MR) is 154 cm³/mol. The van der Waals surface area contributed by atoms with E-state index in [4.69, 9.17) is 3.63 Å². The Labute approximate surface area is 229 Å². The summed E-state index contributed by atoms with van der Waals surface area (Å²) < 4.78 is 35.0. The first-order chi connectivity index (χ1) is 18.1. The quantitative estimate of drug-likeness (QED) is 0.273. The number of ketones is 1. The van der Waals surface area contributed by atoms with Gasteiger partial charge in [0.2, 0.25) is 0 Å². The van der Waals surface area contributed by atoms with Crippen molar-refractivity contribution < 1.29 is 16.8 Å². The molecule has 0 spiro atoms. The third-order valence-corrected chi connectivity index (χ3v) is 14.5. The van der Waals surface area contributed by atoms with Crippen LogP contribution in [-0.4, -0.2) is 20.0 Å². The van der Waals surface area contributed by atoms with E-state index in [-0.39, 0.29) is 22.9 Å². The molecule has 0 aliphatic heterocycles. The van der Waals surface area contributed by atoms with E-state index in [2.05, 4.69) is 52.0 Å². The van der Waals surface area contributed by atoms with Crippen molar-refractivity contribution in [2.45, 2.75) is 74.5 Å². The molecular weight excluding hydrogens is 512 g/mol. The molecule has 38 heavy (non-hydrogen) atoms. The van der Waals surface area contributed by atoms with Crippen molar-refractivity contribution >= 4 is 26.2 Å². The second-order valence-corrected chi connectivity index (χ2v) is 15.8. The minimum atomic E-state index is -4.13. The minimum absolute atomic E-state index is 0.0748. The van der Waals surface area contributed by atoms with Gasteiger partial charge < -0.3 is 0 Å². The molecule has 2 aliphatic carbocycles. The molecule has 0 N–H and O–H groups in total. The molecule has 0 amide bonds. The van der Waals surface area contributed by atoms with Crippen molar-refractivity contribution in [1.82, 2.24) is 0 Å². The van der Waals surface area contributed by atoms with E-state index in [1.165, 1.54) is 11.1 Å². The van der Waals surface area contributed by atoms with E-state index < -0.39 is 25.8 Å². The Balaban J connectivity index is 1.69. The predicted octanol–water partition coefficient (Wildman–Crippen LogP) is 7.75. The van der Waals surface area contributed by atoms with Crippen molar-refractivity contribution in [3.05, 3.63) is 90.0 Å². The first kappa shape index (κ1) is 27.2. The summed E-state index contributed by atoms with van der Waals surface area (Å²) in [4.78, 5) is 15.7. The highest BCUT2D eigenvalue weighted by Crippen LogP contribution is 2.71. The largest absolute Gasteiger partial charge is 0.299 e. The van der Waals surface area contributed by atoms with E-state index in [0.717, 1.165) is 33.9 Å². The fourth-order valence-electron chi connectivity index (χ4n) is 6.56. The maximum Gasteiger partial charge on any atom is 0.278 e. The lowest BCUT2D eigenvalue weighted by atomic mass is 9.70. The number of hydrogen-bond donors (Lipinski definition) is 0. The minimum Gasteiger partial charge on any atom is -0.299 e. The molecule has 0 heterocycles. The van der Waals surface area contributed by atoms with E-state index in [0.29, 0.717) is 12.8 Å². The molecule has 2 atom stereocenters. The van der Waals surface area contributed by atoms with E-state index >= 15 is 0 Å². The average Bonchev–Trinajstić information content (AvgIpc) is 3.26. The molecule has 0 aromatic heterocycles. The van der Waals surface area contributed by atoms with Crippen LogP contribution in [0.5, 0.6) is 0 Å². The van der Waals surface area contributed by atoms with Gasteiger partial charge in [0.25, 0.3) is 10.1 Å². The molecule has 2 unspecified atom stereocenters. The van der Waals surface area contributed by atoms with Crippen LogP contribution in [0.4, 0.5) is 0 Å². The third kappa shape index (κ3) is 4.35. The zero-order valence-electron chi connectivity index (χ0n) is 22.8. The number of benzene rings is 3. The van der Waals surface area contributed by atoms with Gasteiger partial charge in [-0.15, -0.1) is 0 Å². The molecule has 6 heteroatoms. The van der Waals surface area contributed by atoms with Crippen LogP contribution in [0.25, 0.3) is 0 Å². The van der Waals surface area contributed by atoms with Crippen LogP contribution in [0.3, 0.4) is 0 Å². The summed E-state index contributed by atoms with van der Waals surface area (Å²) in [6, 6.07) is 26.0. The van der Waals surface area contributed by atoms with Crippen LogP contribution >= 0.6 is 10.3 Å². The molecular formula is C32H38O4S2. The third-order valence-electron chi connectivity index (χ3n) is 9.17. The van der Waals surface area contributed by atoms with Crippen molar-refractivity contribution in [2.75, 3.05) is 5.75 Å². The molecule has 3 aromatic rings. The van der Waals surface area contributed by atoms with Crippen molar-refractivity contribution in [3.8, 4) is 0 Å². The number of aryl methyl sites for hydroxylation is 2. The van der Waals surface area contributed by atoms with Gasteiger partial charge in [0, 0.05) is 21.1 Å². The molecule has 2 fully saturated rings. The maximum atomic E-state index is 14.2. The van der Waals surface area contributed by atoms with E-state index in [1.807, 2.05) is 54.6 Å². The topological polar surface area (TPSA) is 60.4 Å². The Kier molecular flexibility index (Phi) is 7.12. The molecule has 5 rings (SSSR count). The highest BCUT2D eigenvalue weighted by Gasteiger charge is 2.65. The highest BCUT2D eigenvalue weighted by molar-refractivity contribution is 8.33. The standard InChI is InChI=1S/C32H38O4S2/c1-5-24-12-16-28(17-13-24)38(27-10-8-7-9-11-27,29-18-14-25(6-2)15-19-29)36-37(34,35)23-32-21-20-26(22-30(32)33)31(32,3)4/h7-19,26H,5-6,20-23H2,1-4H3. The lowest BCUT2D eigenvalue weighted by molar-refractivity contribution is -0.128. The molecule has 0 radical (unpaired) electrons. The number of carbonyl (C=O) groups excluding carboxylic acids is 1. The van der Waals surface area contributed by atoms with Gasteiger partial charge in [-0.1, -0.05) is 70.2 Å². The Hall–Kier alpha value is -2.41. The summed E-state index contributed by atoms with van der Waals surface area (Å²) in [5, 5.41) is 0. The Morgan fingerprint density at radius 1 is 0.789 bits per heavy atom. The molecule has 2 saturated carbocycles. The molecule has 0 saturated heterocycles. The fourth-order valence-corrected chi connectivity index (χ4v) is 12.6. The number of Topliss-reactive ketones (excluding diaryl/α,β-unsaturated/α-hetero) is 1. The van der Waals surface area contributed by atoms with E-state index in [9.17, 15) is 13.2 Å². The number of fused-ring (bicyclic) bond motifs is 2. The highest BCUT2D eigenvalue weighted by atomic mass is 32.3. The maximum absolute atomic E-state index is 14.2. The average molecular weight is 551 g/mol. The fraction of sp³-hybridized carbons (Fsp3) is 0.406. The molecule has 2 aliphatic rings. The number of hydrogen-bond acceptors (Lipinski definition) is 4. The lowest BCUT2D eigenvalue weighted by Gasteiger charge is -2.41. The molecule has 202 valence electrons. The van der Waals surface area contributed by atoms with Crippen LogP contribution in [0.1, 0.15) is 58.1 Å². The van der Waals surface area contributed by atoms with Gasteiger partial charge in [0.05, 0.1) is 11.2 Å². The Bertz CT molecular complexity index is 1360. The van der Waals surface area contributed by atoms with Gasteiger partial charge in [-0.2, -0.15) is 8.42 Å². The van der Waals surface area contributed by atoms with Crippen LogP contribution in [-0.2, 0) is 31.4 Å². The van der Waals surface area contributed by atoms with Crippen LogP contribution < -0.4 is 0 Å². The Morgan fingerprint density at radius 2 is 1.29 bits per heavy atom. The van der Waals surface area contributed by atoms with Gasteiger partial charge in [0.1, 0.15) is 5.78 Å². The van der Waals surface area contributed by atoms with Gasteiger partial charge in [-0.25, -0.2) is 3.63 Å². The zero-order valence-corrected chi connectivity index (χ0v) is 24.4. The normalized spacial score (nSPS) is 23.1. The summed E-state index contributed by atoms with van der Waals surface area (Å²) in [7, 11) is -6.79. The second kappa shape index (κ2) is 9.96. The molecule has 4 nitrogen and oxygen atoms in total. The summed E-state index contributed by atoms with van der Waals surface area (Å²) in [5.41, 5.74) is 1.09. The summed E-state index contributed by atoms with van der Waals surface area (Å²) in [6.45, 7) is 8.33. The first-order valence-electron chi connectivity index (χ1n) is 13.6. The summed E-state index contributed by atoms with van der Waals surface area (Å²) in [5.74, 6) is 0.0368. The van der Waals surface area contributed by atoms with Crippen molar-refractivity contribution in [1.29, 1.82) is 0 Å². The molecule has 3 aromatic carbocycles. The lowest BCUT2D eigenvalue weighted by Crippen LogP contribution is -2.42. The number of carbonyl (C=O) groups is 1. The summed E-state index contributed by atoms with van der Waals surface area (Å²) >= 11 is 0. The second-order valence-electron chi connectivity index (χ2n) is 11.3. The van der Waals surface area contributed by atoms with Crippen LogP contribution in [0.15, 0.2) is 93.5 Å². The molecule has 2 bridgehead atoms. The summed E-state index contributed by atoms with van der Waals surface area (Å²) in [6.07, 6.45) is 3.74. The van der Waals surface area contributed by atoms with Gasteiger partial charge in [-0.3, -0.25) is 4.79 Å².